The summed E-state index contributed by atoms with van der Waals surface area (Å²) in [6.45, 7) is 7.84. The molecule has 2 saturated heterocycles. The van der Waals surface area contributed by atoms with Crippen LogP contribution in [0.3, 0.4) is 0 Å². The highest BCUT2D eigenvalue weighted by molar-refractivity contribution is 5.80. The second-order valence-corrected chi connectivity index (χ2v) is 9.94. The number of ketones is 1. The zero-order valence-corrected chi connectivity index (χ0v) is 20.3. The number of amides is 1. The van der Waals surface area contributed by atoms with Crippen molar-refractivity contribution in [1.82, 2.24) is 9.80 Å². The van der Waals surface area contributed by atoms with Crippen molar-refractivity contribution in [3.8, 4) is 11.1 Å². The van der Waals surface area contributed by atoms with Crippen LogP contribution in [0.25, 0.3) is 11.1 Å². The minimum atomic E-state index is 0.143. The van der Waals surface area contributed by atoms with E-state index in [-0.39, 0.29) is 17.6 Å². The zero-order chi connectivity index (χ0) is 23.2. The summed E-state index contributed by atoms with van der Waals surface area (Å²) in [6, 6.07) is 18.3. The first-order valence-corrected chi connectivity index (χ1v) is 12.7. The fraction of sp³-hybridized carbons (Fsp3) is 0.517. The van der Waals surface area contributed by atoms with Gasteiger partial charge in [0, 0.05) is 38.0 Å². The van der Waals surface area contributed by atoms with E-state index in [0.717, 1.165) is 51.4 Å². The molecule has 0 saturated carbocycles. The highest BCUT2D eigenvalue weighted by atomic mass is 16.2. The Labute approximate surface area is 199 Å². The molecule has 0 aromatic heterocycles. The van der Waals surface area contributed by atoms with Gasteiger partial charge in [-0.15, -0.1) is 0 Å². The maximum absolute atomic E-state index is 12.6. The van der Waals surface area contributed by atoms with E-state index in [1.165, 1.54) is 41.6 Å². The molecule has 4 heteroatoms. The number of rotatable bonds is 8. The lowest BCUT2D eigenvalue weighted by atomic mass is 9.93. The van der Waals surface area contributed by atoms with Crippen molar-refractivity contribution in [1.29, 1.82) is 0 Å². The number of carbonyl (C=O) groups is 2. The second-order valence-electron chi connectivity index (χ2n) is 9.94. The number of aryl methyl sites for hydroxylation is 1. The third-order valence-corrected chi connectivity index (χ3v) is 7.67. The highest BCUT2D eigenvalue weighted by Crippen LogP contribution is 2.23. The summed E-state index contributed by atoms with van der Waals surface area (Å²) in [5.41, 5.74) is 5.06. The minimum Gasteiger partial charge on any atom is -0.343 e. The number of nitrogens with zero attached hydrogens (tertiary/aromatic N) is 2. The van der Waals surface area contributed by atoms with Crippen LogP contribution < -0.4 is 0 Å². The topological polar surface area (TPSA) is 40.6 Å². The highest BCUT2D eigenvalue weighted by Gasteiger charge is 2.25. The number of Topliss-reactive ketones (excluding diaryl/α,β-unsaturated/α-hetero) is 1. The maximum Gasteiger partial charge on any atom is 0.222 e. The molecule has 4 rings (SSSR count). The van der Waals surface area contributed by atoms with Crippen LogP contribution in [0.1, 0.15) is 57.1 Å². The SMILES string of the molecule is CC(=O)C1CCN(C(=O)CCc2ccc(-c3ccc(CCN4CCC[C@H]4C)cc3)cc2)CC1. The fourth-order valence-corrected chi connectivity index (χ4v) is 5.27. The Balaban J connectivity index is 1.24. The maximum atomic E-state index is 12.6. The summed E-state index contributed by atoms with van der Waals surface area (Å²) in [4.78, 5) is 28.6. The fourth-order valence-electron chi connectivity index (χ4n) is 5.27. The molecular weight excluding hydrogens is 408 g/mol. The van der Waals surface area contributed by atoms with Gasteiger partial charge in [0.2, 0.25) is 5.91 Å². The Morgan fingerprint density at radius 1 is 0.818 bits per heavy atom. The summed E-state index contributed by atoms with van der Waals surface area (Å²) in [5.74, 6) is 0.609. The third kappa shape index (κ3) is 6.32. The van der Waals surface area contributed by atoms with Gasteiger partial charge in [0.25, 0.3) is 0 Å². The van der Waals surface area contributed by atoms with Crippen molar-refractivity contribution in [2.45, 2.75) is 64.8 Å². The van der Waals surface area contributed by atoms with E-state index in [9.17, 15) is 9.59 Å². The van der Waals surface area contributed by atoms with Crippen LogP contribution in [0, 0.1) is 5.92 Å². The Bertz CT molecular complexity index is 927. The normalized spacial score (nSPS) is 19.7. The summed E-state index contributed by atoms with van der Waals surface area (Å²) in [7, 11) is 0. The molecule has 0 radical (unpaired) electrons. The number of piperidine rings is 1. The number of benzene rings is 2. The first kappa shape index (κ1) is 23.7. The third-order valence-electron chi connectivity index (χ3n) is 7.67. The van der Waals surface area contributed by atoms with Crippen molar-refractivity contribution in [2.75, 3.05) is 26.2 Å². The molecule has 2 aromatic rings. The number of hydrogen-bond donors (Lipinski definition) is 0. The summed E-state index contributed by atoms with van der Waals surface area (Å²) < 4.78 is 0. The van der Waals surface area contributed by atoms with Crippen molar-refractivity contribution in [3.63, 3.8) is 0 Å². The quantitative estimate of drug-likeness (QED) is 0.564. The van der Waals surface area contributed by atoms with E-state index in [1.54, 1.807) is 6.92 Å². The van der Waals surface area contributed by atoms with Crippen LogP contribution in [0.15, 0.2) is 48.5 Å². The molecule has 4 nitrogen and oxygen atoms in total. The Kier molecular flexibility index (Phi) is 7.97. The molecule has 2 aliphatic rings. The lowest BCUT2D eigenvalue weighted by Gasteiger charge is -2.31. The predicted molar refractivity (Wildman–Crippen MR) is 134 cm³/mol. The van der Waals surface area contributed by atoms with Crippen LogP contribution in [0.4, 0.5) is 0 Å². The van der Waals surface area contributed by atoms with Crippen molar-refractivity contribution < 1.29 is 9.59 Å². The largest absolute Gasteiger partial charge is 0.343 e. The lowest BCUT2D eigenvalue weighted by molar-refractivity contribution is -0.134. The van der Waals surface area contributed by atoms with E-state index in [2.05, 4.69) is 60.4 Å². The standard InChI is InChI=1S/C29H38N2O2/c1-22-4-3-18-30(22)19-15-25-7-12-28(13-8-25)27-10-5-24(6-11-27)9-14-29(33)31-20-16-26(17-21-31)23(2)32/h5-8,10-13,22,26H,3-4,9,14-21H2,1-2H3/t22-/m1/s1. The van der Waals surface area contributed by atoms with Gasteiger partial charge in [0.15, 0.2) is 0 Å². The van der Waals surface area contributed by atoms with Gasteiger partial charge in [0.1, 0.15) is 5.78 Å². The van der Waals surface area contributed by atoms with E-state index < -0.39 is 0 Å². The van der Waals surface area contributed by atoms with Gasteiger partial charge in [-0.05, 0) is 81.2 Å². The lowest BCUT2D eigenvalue weighted by Crippen LogP contribution is -2.40. The summed E-state index contributed by atoms with van der Waals surface area (Å²) in [6.07, 6.45) is 6.71. The summed E-state index contributed by atoms with van der Waals surface area (Å²) in [5, 5.41) is 0. The van der Waals surface area contributed by atoms with Gasteiger partial charge in [-0.25, -0.2) is 0 Å². The van der Waals surface area contributed by atoms with Gasteiger partial charge in [-0.2, -0.15) is 0 Å². The van der Waals surface area contributed by atoms with Crippen molar-refractivity contribution in [2.24, 2.45) is 5.92 Å². The minimum absolute atomic E-state index is 0.143. The van der Waals surface area contributed by atoms with Gasteiger partial charge in [-0.3, -0.25) is 9.59 Å². The average Bonchev–Trinajstić information content (AvgIpc) is 3.26. The molecule has 176 valence electrons. The number of carbonyl (C=O) groups excluding carboxylic acids is 2. The molecule has 0 bridgehead atoms. The Morgan fingerprint density at radius 3 is 1.91 bits per heavy atom. The van der Waals surface area contributed by atoms with E-state index >= 15 is 0 Å². The molecule has 2 aromatic carbocycles. The Morgan fingerprint density at radius 2 is 1.39 bits per heavy atom. The summed E-state index contributed by atoms with van der Waals surface area (Å²) >= 11 is 0. The number of likely N-dealkylation sites (tertiary alicyclic amines) is 2. The molecule has 0 unspecified atom stereocenters. The predicted octanol–water partition coefficient (Wildman–Crippen LogP) is 5.14. The zero-order valence-electron chi connectivity index (χ0n) is 20.3. The molecule has 2 fully saturated rings. The van der Waals surface area contributed by atoms with Crippen LogP contribution in [-0.2, 0) is 22.4 Å². The van der Waals surface area contributed by atoms with Crippen LogP contribution in [-0.4, -0.2) is 53.7 Å². The van der Waals surface area contributed by atoms with Crippen molar-refractivity contribution in [3.05, 3.63) is 59.7 Å². The molecule has 2 heterocycles. The molecule has 0 spiro atoms. The second kappa shape index (κ2) is 11.1. The molecule has 2 aliphatic heterocycles. The van der Waals surface area contributed by atoms with E-state index in [1.807, 2.05) is 4.90 Å². The van der Waals surface area contributed by atoms with Gasteiger partial charge in [0.05, 0.1) is 0 Å². The monoisotopic (exact) mass is 446 g/mol. The van der Waals surface area contributed by atoms with Crippen LogP contribution in [0.5, 0.6) is 0 Å². The van der Waals surface area contributed by atoms with Gasteiger partial charge >= 0.3 is 0 Å². The molecular formula is C29H38N2O2. The molecule has 0 N–H and O–H groups in total. The van der Waals surface area contributed by atoms with Crippen LogP contribution in [0.2, 0.25) is 0 Å². The van der Waals surface area contributed by atoms with Gasteiger partial charge < -0.3 is 9.80 Å². The molecule has 0 aliphatic carbocycles. The Hall–Kier alpha value is -2.46. The number of hydrogen-bond acceptors (Lipinski definition) is 3. The smallest absolute Gasteiger partial charge is 0.222 e. The molecule has 1 amide bonds. The molecule has 33 heavy (non-hydrogen) atoms. The van der Waals surface area contributed by atoms with Crippen molar-refractivity contribution >= 4 is 11.7 Å². The van der Waals surface area contributed by atoms with Gasteiger partial charge in [-0.1, -0.05) is 48.5 Å². The van der Waals surface area contributed by atoms with Crippen LogP contribution >= 0.6 is 0 Å². The first-order chi connectivity index (χ1) is 16.0. The van der Waals surface area contributed by atoms with E-state index in [4.69, 9.17) is 0 Å². The average molecular weight is 447 g/mol. The van der Waals surface area contributed by atoms with E-state index in [0.29, 0.717) is 6.42 Å². The molecule has 1 atom stereocenters. The first-order valence-electron chi connectivity index (χ1n) is 12.7.